The van der Waals surface area contributed by atoms with Gasteiger partial charge in [-0.15, -0.1) is 0 Å². The summed E-state index contributed by atoms with van der Waals surface area (Å²) >= 11 is 0. The molecule has 0 unspecified atom stereocenters. The van der Waals surface area contributed by atoms with Crippen molar-refractivity contribution in [2.24, 2.45) is 0 Å². The van der Waals surface area contributed by atoms with Crippen LogP contribution >= 0.6 is 0 Å². The Hall–Kier alpha value is -5.80. The molecule has 2 aromatic heterocycles. The SMILES string of the molecule is c1ccc2c(N(c3ccc(-n4c5ccccc5c5ccc6ccoc6c54)cc3)c3cccc4ccccc34)cccc2c1. The molecule has 0 aliphatic rings. The summed E-state index contributed by atoms with van der Waals surface area (Å²) < 4.78 is 8.39. The first kappa shape index (κ1) is 23.9. The van der Waals surface area contributed by atoms with E-state index in [2.05, 4.69) is 155 Å². The highest BCUT2D eigenvalue weighted by Gasteiger charge is 2.19. The van der Waals surface area contributed by atoms with Gasteiger partial charge in [0.05, 0.1) is 28.7 Å². The van der Waals surface area contributed by atoms with Gasteiger partial charge < -0.3 is 13.9 Å². The molecule has 0 saturated carbocycles. The van der Waals surface area contributed by atoms with E-state index in [9.17, 15) is 0 Å². The minimum absolute atomic E-state index is 0.908. The van der Waals surface area contributed by atoms with Crippen LogP contribution in [-0.2, 0) is 0 Å². The second-order valence-corrected chi connectivity index (χ2v) is 11.0. The highest BCUT2D eigenvalue weighted by atomic mass is 16.3. The first-order valence-electron chi connectivity index (χ1n) is 14.6. The van der Waals surface area contributed by atoms with E-state index in [-0.39, 0.29) is 0 Å². The van der Waals surface area contributed by atoms with Crippen molar-refractivity contribution in [3.8, 4) is 5.69 Å². The number of aromatic nitrogens is 1. The highest BCUT2D eigenvalue weighted by Crippen LogP contribution is 2.43. The van der Waals surface area contributed by atoms with Crippen LogP contribution in [0.3, 0.4) is 0 Å². The van der Waals surface area contributed by atoms with Gasteiger partial charge in [0.1, 0.15) is 0 Å². The van der Waals surface area contributed by atoms with E-state index in [1.807, 2.05) is 6.07 Å². The number of benzene rings is 7. The van der Waals surface area contributed by atoms with Crippen molar-refractivity contribution in [3.63, 3.8) is 0 Å². The van der Waals surface area contributed by atoms with Crippen LogP contribution < -0.4 is 4.90 Å². The molecule has 7 aromatic carbocycles. The summed E-state index contributed by atoms with van der Waals surface area (Å²) in [4.78, 5) is 2.39. The molecule has 2 heterocycles. The van der Waals surface area contributed by atoms with Gasteiger partial charge in [-0.25, -0.2) is 0 Å². The second kappa shape index (κ2) is 9.37. The third kappa shape index (κ3) is 3.62. The summed E-state index contributed by atoms with van der Waals surface area (Å²) in [5.41, 5.74) is 7.65. The fourth-order valence-electron chi connectivity index (χ4n) is 6.71. The van der Waals surface area contributed by atoms with Crippen LogP contribution in [0, 0.1) is 0 Å². The number of hydrogen-bond donors (Lipinski definition) is 0. The van der Waals surface area contributed by atoms with E-state index in [0.29, 0.717) is 0 Å². The second-order valence-electron chi connectivity index (χ2n) is 11.0. The number of rotatable bonds is 4. The number of hydrogen-bond acceptors (Lipinski definition) is 2. The number of para-hydroxylation sites is 1. The molecule has 0 fully saturated rings. The Balaban J connectivity index is 1.29. The number of furan rings is 1. The maximum Gasteiger partial charge on any atom is 0.158 e. The topological polar surface area (TPSA) is 21.3 Å². The van der Waals surface area contributed by atoms with E-state index >= 15 is 0 Å². The zero-order valence-corrected chi connectivity index (χ0v) is 23.3. The van der Waals surface area contributed by atoms with Gasteiger partial charge >= 0.3 is 0 Å². The molecule has 0 saturated heterocycles. The van der Waals surface area contributed by atoms with E-state index in [0.717, 1.165) is 44.8 Å². The van der Waals surface area contributed by atoms with Gasteiger partial charge in [0.2, 0.25) is 0 Å². The first-order chi connectivity index (χ1) is 21.3. The predicted molar refractivity (Wildman–Crippen MR) is 180 cm³/mol. The Morgan fingerprint density at radius 1 is 0.442 bits per heavy atom. The molecular weight excluding hydrogens is 524 g/mol. The molecule has 0 N–H and O–H groups in total. The summed E-state index contributed by atoms with van der Waals surface area (Å²) in [6.45, 7) is 0. The molecule has 9 rings (SSSR count). The largest absolute Gasteiger partial charge is 0.462 e. The fourth-order valence-corrected chi connectivity index (χ4v) is 6.71. The van der Waals surface area contributed by atoms with Crippen molar-refractivity contribution in [1.29, 1.82) is 0 Å². The molecule has 0 atom stereocenters. The summed E-state index contributed by atoms with van der Waals surface area (Å²) in [5.74, 6) is 0. The van der Waals surface area contributed by atoms with E-state index in [1.54, 1.807) is 6.26 Å². The van der Waals surface area contributed by atoms with Gasteiger partial charge in [0, 0.05) is 38.3 Å². The van der Waals surface area contributed by atoms with Gasteiger partial charge in [-0.3, -0.25) is 0 Å². The molecule has 0 aliphatic heterocycles. The standard InChI is InChI=1S/C40H26N2O/c1-3-13-32-27(9-1)11-7-17-36(32)41(37-18-8-12-28-10-2-4-14-33(28)37)30-20-22-31(23-21-30)42-38-16-6-5-15-34(38)35-24-19-29-25-26-43-40(29)39(35)42/h1-26H. The van der Waals surface area contributed by atoms with E-state index in [4.69, 9.17) is 4.42 Å². The first-order valence-corrected chi connectivity index (χ1v) is 14.6. The normalized spacial score (nSPS) is 11.7. The van der Waals surface area contributed by atoms with Crippen molar-refractivity contribution in [2.45, 2.75) is 0 Å². The maximum absolute atomic E-state index is 6.05. The van der Waals surface area contributed by atoms with Crippen molar-refractivity contribution >= 4 is 71.4 Å². The minimum Gasteiger partial charge on any atom is -0.462 e. The Morgan fingerprint density at radius 2 is 1.05 bits per heavy atom. The zero-order valence-electron chi connectivity index (χ0n) is 23.3. The molecule has 0 amide bonds. The van der Waals surface area contributed by atoms with Gasteiger partial charge in [-0.1, -0.05) is 103 Å². The van der Waals surface area contributed by atoms with Crippen LogP contribution in [0.5, 0.6) is 0 Å². The van der Waals surface area contributed by atoms with Gasteiger partial charge in [0.25, 0.3) is 0 Å². The monoisotopic (exact) mass is 550 g/mol. The lowest BCUT2D eigenvalue weighted by Gasteiger charge is -2.28. The molecular formula is C40H26N2O. The minimum atomic E-state index is 0.908. The lowest BCUT2D eigenvalue weighted by atomic mass is 10.0. The van der Waals surface area contributed by atoms with Crippen molar-refractivity contribution in [1.82, 2.24) is 4.57 Å². The Bertz CT molecular complexity index is 2370. The highest BCUT2D eigenvalue weighted by molar-refractivity contribution is 6.17. The molecule has 3 heteroatoms. The number of anilines is 3. The van der Waals surface area contributed by atoms with Crippen LogP contribution in [0.15, 0.2) is 162 Å². The van der Waals surface area contributed by atoms with Gasteiger partial charge in [-0.05, 0) is 59.3 Å². The van der Waals surface area contributed by atoms with Crippen molar-refractivity contribution in [2.75, 3.05) is 4.90 Å². The molecule has 3 nitrogen and oxygen atoms in total. The summed E-state index contributed by atoms with van der Waals surface area (Å²) in [6.07, 6.45) is 1.78. The average molecular weight is 551 g/mol. The van der Waals surface area contributed by atoms with Gasteiger partial charge in [0.15, 0.2) is 5.58 Å². The third-order valence-electron chi connectivity index (χ3n) is 8.64. The van der Waals surface area contributed by atoms with Crippen LogP contribution in [0.2, 0.25) is 0 Å². The van der Waals surface area contributed by atoms with Gasteiger partial charge in [-0.2, -0.15) is 0 Å². The number of nitrogens with zero attached hydrogens (tertiary/aromatic N) is 2. The van der Waals surface area contributed by atoms with Crippen molar-refractivity contribution < 1.29 is 4.42 Å². The average Bonchev–Trinajstić information content (AvgIpc) is 3.68. The molecule has 9 aromatic rings. The Kier molecular flexibility index (Phi) is 5.20. The number of fused-ring (bicyclic) bond motifs is 7. The van der Waals surface area contributed by atoms with Crippen LogP contribution in [0.25, 0.3) is 60.0 Å². The lowest BCUT2D eigenvalue weighted by Crippen LogP contribution is -2.11. The molecule has 202 valence electrons. The molecule has 43 heavy (non-hydrogen) atoms. The van der Waals surface area contributed by atoms with Crippen LogP contribution in [0.1, 0.15) is 0 Å². The molecule has 0 radical (unpaired) electrons. The molecule has 0 bridgehead atoms. The quantitative estimate of drug-likeness (QED) is 0.217. The van der Waals surface area contributed by atoms with Crippen LogP contribution in [0.4, 0.5) is 17.1 Å². The molecule has 0 aliphatic carbocycles. The van der Waals surface area contributed by atoms with E-state index in [1.165, 1.54) is 32.3 Å². The zero-order chi connectivity index (χ0) is 28.3. The Morgan fingerprint density at radius 3 is 1.74 bits per heavy atom. The Labute approximate surface area is 248 Å². The maximum atomic E-state index is 6.05. The smallest absolute Gasteiger partial charge is 0.158 e. The summed E-state index contributed by atoms with van der Waals surface area (Å²) in [5, 5.41) is 8.37. The summed E-state index contributed by atoms with van der Waals surface area (Å²) in [7, 11) is 0. The summed E-state index contributed by atoms with van der Waals surface area (Å²) in [6, 6.07) is 54.3. The fraction of sp³-hybridized carbons (Fsp3) is 0. The van der Waals surface area contributed by atoms with Crippen LogP contribution in [-0.4, -0.2) is 4.57 Å². The van der Waals surface area contributed by atoms with E-state index < -0.39 is 0 Å². The molecule has 0 spiro atoms. The van der Waals surface area contributed by atoms with Crippen molar-refractivity contribution in [3.05, 3.63) is 158 Å². The third-order valence-corrected chi connectivity index (χ3v) is 8.64. The lowest BCUT2D eigenvalue weighted by molar-refractivity contribution is 0.618. The predicted octanol–water partition coefficient (Wildman–Crippen LogP) is 11.3.